The molecule has 2 aliphatic rings. The number of carbonyl (C=O) groups excluding carboxylic acids is 3. The predicted molar refractivity (Wildman–Crippen MR) is 375 cm³/mol. The van der Waals surface area contributed by atoms with Gasteiger partial charge in [-0.25, -0.2) is 4.58 Å². The molecular formula is C74H90B2ClN5O7Si. The Kier molecular flexibility index (Phi) is 25.4. The number of anilines is 1. The van der Waals surface area contributed by atoms with Gasteiger partial charge < -0.3 is 47.5 Å². The number of ketones is 2. The molecule has 1 amide bonds. The number of amides is 1. The fraction of sp³-hybridized carbons (Fsp3) is 0.297. The number of carbonyl (C=O) groups is 3. The first-order valence-electron chi connectivity index (χ1n) is 30.5. The Morgan fingerprint density at radius 1 is 0.600 bits per heavy atom. The van der Waals surface area contributed by atoms with Crippen LogP contribution in [0, 0.1) is 0 Å². The molecule has 90 heavy (non-hydrogen) atoms. The van der Waals surface area contributed by atoms with Gasteiger partial charge in [0.25, 0.3) is 0 Å². The van der Waals surface area contributed by atoms with Gasteiger partial charge in [-0.1, -0.05) is 149 Å². The molecule has 0 saturated carbocycles. The van der Waals surface area contributed by atoms with Crippen LogP contribution in [0.25, 0.3) is 38.2 Å². The van der Waals surface area contributed by atoms with Gasteiger partial charge in [0.15, 0.2) is 11.5 Å². The lowest BCUT2D eigenvalue weighted by Crippen LogP contribution is -3.00. The number of benzene rings is 7. The molecule has 0 unspecified atom stereocenters. The summed E-state index contributed by atoms with van der Waals surface area (Å²) in [6.07, 6.45) is 9.44. The molecular weight excluding hydrogens is 1160 g/mol. The highest BCUT2D eigenvalue weighted by atomic mass is 35.5. The quantitative estimate of drug-likeness (QED) is 0.0138. The highest BCUT2D eigenvalue weighted by Gasteiger charge is 2.40. The molecule has 1 aliphatic carbocycles. The van der Waals surface area contributed by atoms with Gasteiger partial charge in [-0.2, -0.15) is 0 Å². The molecule has 7 aromatic carbocycles. The topological polar surface area (TPSA) is 157 Å². The Morgan fingerprint density at radius 2 is 1.11 bits per heavy atom. The molecule has 9 rings (SSSR count). The van der Waals surface area contributed by atoms with Crippen LogP contribution in [0.5, 0.6) is 0 Å². The normalized spacial score (nSPS) is 12.9. The van der Waals surface area contributed by atoms with Crippen LogP contribution >= 0.6 is 0 Å². The van der Waals surface area contributed by atoms with Crippen LogP contribution in [0.15, 0.2) is 187 Å². The van der Waals surface area contributed by atoms with E-state index >= 15 is 0 Å². The maximum absolute atomic E-state index is 12.8. The van der Waals surface area contributed by atoms with Crippen molar-refractivity contribution in [1.29, 1.82) is 0 Å². The second-order valence-corrected chi connectivity index (χ2v) is 28.9. The number of hydrogen-bond donors (Lipinski definition) is 5. The maximum atomic E-state index is 12.8. The van der Waals surface area contributed by atoms with E-state index in [0.29, 0.717) is 87.1 Å². The molecule has 0 atom stereocenters. The Bertz CT molecular complexity index is 3920. The van der Waals surface area contributed by atoms with Crippen LogP contribution < -0.4 is 38.7 Å². The lowest BCUT2D eigenvalue weighted by molar-refractivity contribution is -0.462. The molecule has 1 heterocycles. The Labute approximate surface area is 542 Å². The fourth-order valence-electron chi connectivity index (χ4n) is 12.1. The second kappa shape index (κ2) is 31.9. The van der Waals surface area contributed by atoms with Gasteiger partial charge in [0, 0.05) is 83.2 Å². The third-order valence-corrected chi connectivity index (χ3v) is 20.3. The van der Waals surface area contributed by atoms with Gasteiger partial charge >= 0.3 is 14.2 Å². The molecule has 0 radical (unpaired) electrons. The Morgan fingerprint density at radius 3 is 1.64 bits per heavy atom. The zero-order chi connectivity index (χ0) is 63.6. The second-order valence-electron chi connectivity index (χ2n) is 24.6. The minimum atomic E-state index is -2.15. The van der Waals surface area contributed by atoms with Crippen LogP contribution in [0.4, 0.5) is 5.69 Å². The zero-order valence-electron chi connectivity index (χ0n) is 53.5. The van der Waals surface area contributed by atoms with E-state index in [0.717, 1.165) is 66.9 Å². The van der Waals surface area contributed by atoms with E-state index < -0.39 is 22.3 Å². The summed E-state index contributed by atoms with van der Waals surface area (Å²) in [4.78, 5) is 41.7. The standard InChI is InChI=1S/C70H79B2N5O6Si.C3H6O.CH4.ClH/c1-47(2)66(78)26-17-18-38-76(43-52-20-11-15-24-64(52)71(80)81)46-63-57-23-14-13-22-56(57)62(45-77(39-19-37-73-70(79)48(3)4)44-53-21-12-16-25-65(53)72(82)83)58-34-31-51(40-61(58)63)49-27-29-50(30-28-49)69-59-35-32-54(74(5)6)41-67(59)84(9,10)68-42-55(75(7)8)33-36-60(68)69;1-3(2)4;;/h11-16,20-25,27-36,40-42,80-83H,1,3,17-19,26,37-39,43-46H2,2,4-10H3;1-2H3;1H4;1H. The molecule has 0 saturated heterocycles. The highest BCUT2D eigenvalue weighted by Crippen LogP contribution is 2.43. The summed E-state index contributed by atoms with van der Waals surface area (Å²) in [5.41, 5.74) is 15.2. The van der Waals surface area contributed by atoms with E-state index in [9.17, 15) is 34.5 Å². The first kappa shape index (κ1) is 71.5. The van der Waals surface area contributed by atoms with Crippen LogP contribution in [0.2, 0.25) is 13.1 Å². The zero-order valence-corrected chi connectivity index (χ0v) is 55.2. The molecule has 7 aromatic rings. The van der Waals surface area contributed by atoms with Crippen LogP contribution in [0.3, 0.4) is 0 Å². The average molecular weight is 1250 g/mol. The van der Waals surface area contributed by atoms with Crippen molar-refractivity contribution in [3.63, 3.8) is 0 Å². The van der Waals surface area contributed by atoms with Gasteiger partial charge in [0.1, 0.15) is 28.0 Å². The van der Waals surface area contributed by atoms with Crippen molar-refractivity contribution in [3.8, 4) is 11.1 Å². The van der Waals surface area contributed by atoms with Gasteiger partial charge in [0.2, 0.25) is 5.91 Å². The van der Waals surface area contributed by atoms with E-state index in [1.807, 2.05) is 36.4 Å². The number of unbranched alkanes of at least 4 members (excludes halogenated alkanes) is 1. The largest absolute Gasteiger partial charge is 1.00 e. The minimum Gasteiger partial charge on any atom is -1.00 e. The lowest BCUT2D eigenvalue weighted by atomic mass is 9.77. The molecule has 0 fully saturated rings. The SMILES string of the molecule is C.C=C(C)C(=O)CCCCN(Cc1ccccc1B(O)O)Cc1c2ccccc2c(CN(CCCNC(=O)C(=C)C)Cc2ccccc2B(O)O)c2ccc(-c3ccc(C4=C5C=CC(=[N+](C)C)C=C5[Si](C)(C)c5cc(N(C)C)ccc54)cc3)cc12.CC(C)=O.[Cl-]. The number of rotatable bonds is 24. The number of Topliss-reactive ketones (excluding diaryl/α,β-unsaturated/α-hetero) is 2. The summed E-state index contributed by atoms with van der Waals surface area (Å²) in [6.45, 7) is 22.7. The minimum absolute atomic E-state index is 0. The molecule has 16 heteroatoms. The first-order valence-corrected chi connectivity index (χ1v) is 33.5. The molecule has 0 aromatic heterocycles. The van der Waals surface area contributed by atoms with Crippen LogP contribution in [0.1, 0.15) is 94.2 Å². The average Bonchev–Trinajstić information content (AvgIpc) is 0.754. The van der Waals surface area contributed by atoms with E-state index in [-0.39, 0.29) is 37.3 Å². The van der Waals surface area contributed by atoms with Crippen molar-refractivity contribution in [2.24, 2.45) is 0 Å². The lowest BCUT2D eigenvalue weighted by Gasteiger charge is -2.38. The number of allylic oxidation sites excluding steroid dienone is 6. The summed E-state index contributed by atoms with van der Waals surface area (Å²) >= 11 is 0. The predicted octanol–water partition coefficient (Wildman–Crippen LogP) is 7.20. The molecule has 0 bridgehead atoms. The third-order valence-electron chi connectivity index (χ3n) is 16.8. The summed E-state index contributed by atoms with van der Waals surface area (Å²) in [7, 11) is 2.98. The van der Waals surface area contributed by atoms with Crippen molar-refractivity contribution < 1.29 is 51.5 Å². The summed E-state index contributed by atoms with van der Waals surface area (Å²) in [6, 6.07) is 46.3. The van der Waals surface area contributed by atoms with Crippen LogP contribution in [-0.2, 0) is 40.6 Å². The summed E-state index contributed by atoms with van der Waals surface area (Å²) in [5.74, 6) is 0.0324. The number of nitrogens with one attached hydrogen (secondary N) is 1. The third kappa shape index (κ3) is 17.1. The first-order chi connectivity index (χ1) is 41.9. The van der Waals surface area contributed by atoms with E-state index in [2.05, 4.69) is 182 Å². The smallest absolute Gasteiger partial charge is 0.488 e. The van der Waals surface area contributed by atoms with Crippen molar-refractivity contribution in [2.75, 3.05) is 52.7 Å². The Balaban J connectivity index is 0.00000209. The number of fused-ring (bicyclic) bond motifs is 4. The summed E-state index contributed by atoms with van der Waals surface area (Å²) in [5, 5.41) is 52.5. The Hall–Kier alpha value is -7.56. The molecule has 12 nitrogen and oxygen atoms in total. The molecule has 5 N–H and O–H groups in total. The van der Waals surface area contributed by atoms with Crippen molar-refractivity contribution in [3.05, 3.63) is 220 Å². The van der Waals surface area contributed by atoms with Crippen molar-refractivity contribution in [2.45, 2.75) is 100 Å². The fourth-order valence-corrected chi connectivity index (χ4v) is 15.2. The van der Waals surface area contributed by atoms with Crippen LogP contribution in [-0.4, -0.2) is 128 Å². The highest BCUT2D eigenvalue weighted by molar-refractivity contribution is 6.98. The van der Waals surface area contributed by atoms with Gasteiger partial charge in [0.05, 0.1) is 0 Å². The maximum Gasteiger partial charge on any atom is 0.488 e. The number of nitrogens with zero attached hydrogens (tertiary/aromatic N) is 4. The number of halogens is 1. The monoisotopic (exact) mass is 1250 g/mol. The van der Waals surface area contributed by atoms with Crippen molar-refractivity contribution >= 4 is 94.4 Å². The van der Waals surface area contributed by atoms with Gasteiger partial charge in [-0.3, -0.25) is 19.4 Å². The van der Waals surface area contributed by atoms with Crippen molar-refractivity contribution in [1.82, 2.24) is 15.1 Å². The molecule has 1 aliphatic heterocycles. The molecule has 470 valence electrons. The number of hydrogen-bond acceptors (Lipinski definition) is 10. The van der Waals surface area contributed by atoms with Gasteiger partial charge in [-0.15, -0.1) is 0 Å². The summed E-state index contributed by atoms with van der Waals surface area (Å²) < 4.78 is 2.19. The molecule has 0 spiro atoms. The van der Waals surface area contributed by atoms with E-state index in [1.165, 1.54) is 52.3 Å². The van der Waals surface area contributed by atoms with E-state index in [4.69, 9.17) is 0 Å². The van der Waals surface area contributed by atoms with E-state index in [1.54, 1.807) is 26.0 Å². The van der Waals surface area contributed by atoms with Gasteiger partial charge in [-0.05, 0) is 182 Å².